The summed E-state index contributed by atoms with van der Waals surface area (Å²) in [6.45, 7) is 0.393. The highest BCUT2D eigenvalue weighted by Crippen LogP contribution is 2.22. The molecule has 3 aromatic rings. The van der Waals surface area contributed by atoms with Crippen molar-refractivity contribution in [3.63, 3.8) is 0 Å². The Kier molecular flexibility index (Phi) is 3.96. The van der Waals surface area contributed by atoms with E-state index in [0.29, 0.717) is 12.2 Å². The number of carbonyl (C=O) groups excluding carboxylic acids is 1. The number of benzene rings is 1. The molecule has 5 nitrogen and oxygen atoms in total. The maximum absolute atomic E-state index is 11.7. The normalized spacial score (nSPS) is 10.9. The highest BCUT2D eigenvalue weighted by atomic mass is 32.1. The molecule has 0 N–H and O–H groups in total. The topological polar surface area (TPSA) is 57.0 Å². The van der Waals surface area contributed by atoms with E-state index < -0.39 is 0 Å². The average molecular weight is 301 g/mol. The summed E-state index contributed by atoms with van der Waals surface area (Å²) in [6.07, 6.45) is 4.75. The number of thiazole rings is 1. The second-order valence-corrected chi connectivity index (χ2v) is 5.83. The fourth-order valence-corrected chi connectivity index (χ4v) is 3.03. The molecule has 2 aromatic heterocycles. The van der Waals surface area contributed by atoms with Crippen LogP contribution in [0.25, 0.3) is 10.2 Å². The van der Waals surface area contributed by atoms with Gasteiger partial charge in [-0.2, -0.15) is 5.10 Å². The van der Waals surface area contributed by atoms with Crippen LogP contribution < -0.4 is 0 Å². The fourth-order valence-electron chi connectivity index (χ4n) is 2.03. The summed E-state index contributed by atoms with van der Waals surface area (Å²) in [5, 5.41) is 5.02. The first-order chi connectivity index (χ1) is 10.2. The van der Waals surface area contributed by atoms with Crippen molar-refractivity contribution in [3.05, 3.63) is 47.2 Å². The van der Waals surface area contributed by atoms with Crippen LogP contribution >= 0.6 is 11.3 Å². The number of aromatic nitrogens is 3. The molecular weight excluding hydrogens is 286 g/mol. The Morgan fingerprint density at radius 1 is 1.38 bits per heavy atom. The van der Waals surface area contributed by atoms with Gasteiger partial charge in [-0.05, 0) is 18.6 Å². The van der Waals surface area contributed by atoms with Crippen molar-refractivity contribution in [1.29, 1.82) is 0 Å². The molecule has 0 saturated heterocycles. The third-order valence-electron chi connectivity index (χ3n) is 3.05. The first-order valence-corrected chi connectivity index (χ1v) is 7.54. The summed E-state index contributed by atoms with van der Waals surface area (Å²) >= 11 is 1.69. The van der Waals surface area contributed by atoms with Gasteiger partial charge >= 0.3 is 5.97 Å². The van der Waals surface area contributed by atoms with Crippen LogP contribution in [-0.2, 0) is 18.2 Å². The Hall–Kier alpha value is -2.21. The SMILES string of the molecule is Cn1cc(C(=O)OCCCc2nc3ccccc3s2)cn1. The van der Waals surface area contributed by atoms with Crippen LogP contribution in [0.4, 0.5) is 0 Å². The van der Waals surface area contributed by atoms with E-state index in [1.807, 2.05) is 18.2 Å². The van der Waals surface area contributed by atoms with Crippen molar-refractivity contribution >= 4 is 27.5 Å². The first-order valence-electron chi connectivity index (χ1n) is 6.72. The van der Waals surface area contributed by atoms with Gasteiger partial charge in [-0.1, -0.05) is 12.1 Å². The van der Waals surface area contributed by atoms with Gasteiger partial charge in [0.1, 0.15) is 0 Å². The minimum Gasteiger partial charge on any atom is -0.462 e. The number of esters is 1. The predicted octanol–water partition coefficient (Wildman–Crippen LogP) is 2.82. The number of aryl methyl sites for hydroxylation is 2. The second-order valence-electron chi connectivity index (χ2n) is 4.72. The molecule has 6 heteroatoms. The Balaban J connectivity index is 1.49. The van der Waals surface area contributed by atoms with Crippen LogP contribution in [0, 0.1) is 0 Å². The molecule has 0 bridgehead atoms. The van der Waals surface area contributed by atoms with Gasteiger partial charge in [0.05, 0.1) is 33.6 Å². The van der Waals surface area contributed by atoms with Crippen LogP contribution in [0.3, 0.4) is 0 Å². The lowest BCUT2D eigenvalue weighted by Crippen LogP contribution is -2.06. The molecule has 0 spiro atoms. The van der Waals surface area contributed by atoms with Crippen LogP contribution in [0.1, 0.15) is 21.8 Å². The van der Waals surface area contributed by atoms with Crippen LogP contribution in [0.5, 0.6) is 0 Å². The summed E-state index contributed by atoms with van der Waals surface area (Å²) in [5.41, 5.74) is 1.52. The molecule has 0 aliphatic rings. The van der Waals surface area contributed by atoms with Crippen LogP contribution in [0.15, 0.2) is 36.7 Å². The molecule has 3 rings (SSSR count). The number of hydrogen-bond acceptors (Lipinski definition) is 5. The number of ether oxygens (including phenoxy) is 1. The zero-order valence-electron chi connectivity index (χ0n) is 11.7. The van der Waals surface area contributed by atoms with Crippen molar-refractivity contribution in [1.82, 2.24) is 14.8 Å². The lowest BCUT2D eigenvalue weighted by atomic mass is 10.3. The number of carbonyl (C=O) groups is 1. The highest BCUT2D eigenvalue weighted by molar-refractivity contribution is 7.18. The van der Waals surface area contributed by atoms with E-state index in [9.17, 15) is 4.79 Å². The minimum absolute atomic E-state index is 0.326. The Morgan fingerprint density at radius 2 is 2.24 bits per heavy atom. The van der Waals surface area contributed by atoms with Crippen molar-refractivity contribution in [2.75, 3.05) is 6.61 Å². The molecule has 1 aromatic carbocycles. The first kappa shape index (κ1) is 13.8. The van der Waals surface area contributed by atoms with Gasteiger partial charge in [0, 0.05) is 19.7 Å². The standard InChI is InChI=1S/C15H15N3O2S/c1-18-10-11(9-16-18)15(19)20-8-4-7-14-17-12-5-2-3-6-13(12)21-14/h2-3,5-6,9-10H,4,7-8H2,1H3. The molecule has 21 heavy (non-hydrogen) atoms. The monoisotopic (exact) mass is 301 g/mol. The maximum Gasteiger partial charge on any atom is 0.341 e. The van der Waals surface area contributed by atoms with Crippen molar-refractivity contribution < 1.29 is 9.53 Å². The Labute approximate surface area is 126 Å². The van der Waals surface area contributed by atoms with Gasteiger partial charge in [0.25, 0.3) is 0 Å². The van der Waals surface area contributed by atoms with E-state index >= 15 is 0 Å². The fraction of sp³-hybridized carbons (Fsp3) is 0.267. The van der Waals surface area contributed by atoms with E-state index in [1.54, 1.807) is 29.3 Å². The molecule has 2 heterocycles. The van der Waals surface area contributed by atoms with Crippen molar-refractivity contribution in [2.45, 2.75) is 12.8 Å². The highest BCUT2D eigenvalue weighted by Gasteiger charge is 2.09. The summed E-state index contributed by atoms with van der Waals surface area (Å²) in [5.74, 6) is -0.326. The van der Waals surface area contributed by atoms with Crippen LogP contribution in [-0.4, -0.2) is 27.3 Å². The van der Waals surface area contributed by atoms with Gasteiger partial charge in [-0.15, -0.1) is 11.3 Å². The number of fused-ring (bicyclic) bond motifs is 1. The molecule has 0 unspecified atom stereocenters. The largest absolute Gasteiger partial charge is 0.462 e. The Morgan fingerprint density at radius 3 is 3.00 bits per heavy atom. The predicted molar refractivity (Wildman–Crippen MR) is 81.4 cm³/mol. The van der Waals surface area contributed by atoms with E-state index in [0.717, 1.165) is 23.4 Å². The quantitative estimate of drug-likeness (QED) is 0.537. The number of nitrogens with zero attached hydrogens (tertiary/aromatic N) is 3. The molecule has 0 radical (unpaired) electrons. The number of rotatable bonds is 5. The molecule has 0 saturated carbocycles. The van der Waals surface area contributed by atoms with Crippen LogP contribution in [0.2, 0.25) is 0 Å². The van der Waals surface area contributed by atoms with E-state index in [1.165, 1.54) is 10.9 Å². The minimum atomic E-state index is -0.326. The zero-order valence-corrected chi connectivity index (χ0v) is 12.5. The average Bonchev–Trinajstić information content (AvgIpc) is 3.09. The lowest BCUT2D eigenvalue weighted by Gasteiger charge is -2.01. The Bertz CT molecular complexity index is 730. The summed E-state index contributed by atoms with van der Waals surface area (Å²) < 4.78 is 8.00. The van der Waals surface area contributed by atoms with Gasteiger partial charge < -0.3 is 4.74 Å². The van der Waals surface area contributed by atoms with E-state index in [2.05, 4.69) is 16.1 Å². The molecule has 0 atom stereocenters. The lowest BCUT2D eigenvalue weighted by molar-refractivity contribution is 0.0500. The van der Waals surface area contributed by atoms with E-state index in [-0.39, 0.29) is 5.97 Å². The maximum atomic E-state index is 11.7. The summed E-state index contributed by atoms with van der Waals surface area (Å²) in [6, 6.07) is 8.08. The van der Waals surface area contributed by atoms with Gasteiger partial charge in [0.15, 0.2) is 0 Å². The van der Waals surface area contributed by atoms with Crippen molar-refractivity contribution in [3.8, 4) is 0 Å². The molecule has 0 aliphatic carbocycles. The second kappa shape index (κ2) is 6.05. The number of hydrogen-bond donors (Lipinski definition) is 0. The number of para-hydroxylation sites is 1. The molecule has 0 aliphatic heterocycles. The molecular formula is C15H15N3O2S. The van der Waals surface area contributed by atoms with Gasteiger partial charge in [-0.25, -0.2) is 9.78 Å². The molecule has 0 amide bonds. The third kappa shape index (κ3) is 3.28. The molecule has 0 fully saturated rings. The summed E-state index contributed by atoms with van der Waals surface area (Å²) in [7, 11) is 1.77. The smallest absolute Gasteiger partial charge is 0.341 e. The van der Waals surface area contributed by atoms with Crippen molar-refractivity contribution in [2.24, 2.45) is 7.05 Å². The zero-order chi connectivity index (χ0) is 14.7. The van der Waals surface area contributed by atoms with Gasteiger partial charge in [0.2, 0.25) is 0 Å². The van der Waals surface area contributed by atoms with E-state index in [4.69, 9.17) is 4.74 Å². The third-order valence-corrected chi connectivity index (χ3v) is 4.14. The summed E-state index contributed by atoms with van der Waals surface area (Å²) in [4.78, 5) is 16.3. The van der Waals surface area contributed by atoms with Gasteiger partial charge in [-0.3, -0.25) is 4.68 Å². The molecule has 108 valence electrons.